The second-order valence-electron chi connectivity index (χ2n) is 5.27. The fraction of sp³-hybridized carbons (Fsp3) is 0.714. The number of nitrogens with zero attached hydrogens (tertiary/aromatic N) is 2. The van der Waals surface area contributed by atoms with Crippen LogP contribution in [0, 0.1) is 5.92 Å². The summed E-state index contributed by atoms with van der Waals surface area (Å²) in [6, 6.07) is 0. The van der Waals surface area contributed by atoms with Crippen molar-refractivity contribution in [2.45, 2.75) is 51.9 Å². The molecule has 1 aromatic heterocycles. The summed E-state index contributed by atoms with van der Waals surface area (Å²) in [5.74, 6) is 8.00. The van der Waals surface area contributed by atoms with E-state index in [4.69, 9.17) is 5.84 Å². The van der Waals surface area contributed by atoms with Crippen LogP contribution in [0.4, 0.5) is 11.6 Å². The van der Waals surface area contributed by atoms with Gasteiger partial charge in [0.1, 0.15) is 18.0 Å². The van der Waals surface area contributed by atoms with Gasteiger partial charge in [-0.2, -0.15) is 0 Å². The van der Waals surface area contributed by atoms with Gasteiger partial charge in [-0.15, -0.1) is 0 Å². The van der Waals surface area contributed by atoms with Gasteiger partial charge < -0.3 is 10.7 Å². The molecule has 0 amide bonds. The van der Waals surface area contributed by atoms with Crippen LogP contribution in [0.5, 0.6) is 0 Å². The highest BCUT2D eigenvalue weighted by atomic mass is 15.3. The third-order valence-electron chi connectivity index (χ3n) is 4.01. The quantitative estimate of drug-likeness (QED) is 0.543. The molecule has 5 heteroatoms. The van der Waals surface area contributed by atoms with Crippen LogP contribution in [0.2, 0.25) is 0 Å². The Bertz CT molecular complexity index is 387. The van der Waals surface area contributed by atoms with E-state index in [1.807, 2.05) is 0 Å². The van der Waals surface area contributed by atoms with Crippen LogP contribution >= 0.6 is 0 Å². The fourth-order valence-electron chi connectivity index (χ4n) is 2.89. The molecule has 1 saturated carbocycles. The molecule has 4 N–H and O–H groups in total. The van der Waals surface area contributed by atoms with Crippen LogP contribution in [0.3, 0.4) is 0 Å². The number of hydrogen-bond donors (Lipinski definition) is 3. The van der Waals surface area contributed by atoms with Crippen molar-refractivity contribution in [1.29, 1.82) is 0 Å². The van der Waals surface area contributed by atoms with Crippen molar-refractivity contribution < 1.29 is 0 Å². The zero-order chi connectivity index (χ0) is 13.5. The number of nitrogens with one attached hydrogen (secondary N) is 2. The minimum Gasteiger partial charge on any atom is -0.370 e. The van der Waals surface area contributed by atoms with Crippen LogP contribution in [0.1, 0.15) is 51.0 Å². The fourth-order valence-corrected chi connectivity index (χ4v) is 2.89. The summed E-state index contributed by atoms with van der Waals surface area (Å²) in [6.45, 7) is 3.07. The lowest BCUT2D eigenvalue weighted by atomic mass is 9.87. The number of anilines is 2. The van der Waals surface area contributed by atoms with E-state index in [2.05, 4.69) is 27.6 Å². The van der Waals surface area contributed by atoms with Crippen molar-refractivity contribution in [1.82, 2.24) is 9.97 Å². The first-order valence-corrected chi connectivity index (χ1v) is 7.39. The van der Waals surface area contributed by atoms with Crippen molar-refractivity contribution in [2.24, 2.45) is 11.8 Å². The molecular weight excluding hydrogens is 238 g/mol. The minimum absolute atomic E-state index is 0.720. The Hall–Kier alpha value is -1.36. The number of hydrogen-bond acceptors (Lipinski definition) is 5. The molecule has 1 heterocycles. The van der Waals surface area contributed by atoms with Gasteiger partial charge in [0.15, 0.2) is 0 Å². The van der Waals surface area contributed by atoms with Gasteiger partial charge in [0, 0.05) is 12.1 Å². The van der Waals surface area contributed by atoms with Crippen LogP contribution in [0.25, 0.3) is 0 Å². The lowest BCUT2D eigenvalue weighted by Gasteiger charge is -2.22. The lowest BCUT2D eigenvalue weighted by Crippen LogP contribution is -2.16. The largest absolute Gasteiger partial charge is 0.370 e. The molecule has 106 valence electrons. The summed E-state index contributed by atoms with van der Waals surface area (Å²) < 4.78 is 0. The number of aromatic nitrogens is 2. The van der Waals surface area contributed by atoms with Crippen molar-refractivity contribution in [3.63, 3.8) is 0 Å². The predicted octanol–water partition coefficient (Wildman–Crippen LogP) is 2.71. The molecule has 1 aliphatic rings. The van der Waals surface area contributed by atoms with E-state index in [0.717, 1.165) is 36.1 Å². The monoisotopic (exact) mass is 263 g/mol. The second-order valence-corrected chi connectivity index (χ2v) is 5.27. The number of nitrogens with two attached hydrogens (primary N) is 1. The molecule has 1 aromatic rings. The molecule has 0 aliphatic heterocycles. The highest BCUT2D eigenvalue weighted by molar-refractivity contribution is 5.56. The molecular formula is C14H25N5. The molecule has 1 aliphatic carbocycles. The maximum absolute atomic E-state index is 5.47. The average molecular weight is 263 g/mol. The van der Waals surface area contributed by atoms with Gasteiger partial charge in [0.05, 0.1) is 0 Å². The van der Waals surface area contributed by atoms with Gasteiger partial charge in [-0.25, -0.2) is 15.8 Å². The highest BCUT2D eigenvalue weighted by Crippen LogP contribution is 2.26. The molecule has 0 atom stereocenters. The van der Waals surface area contributed by atoms with Gasteiger partial charge in [-0.1, -0.05) is 39.0 Å². The molecule has 2 rings (SSSR count). The van der Waals surface area contributed by atoms with E-state index in [1.165, 1.54) is 38.5 Å². The van der Waals surface area contributed by atoms with Crippen molar-refractivity contribution >= 4 is 11.6 Å². The summed E-state index contributed by atoms with van der Waals surface area (Å²) >= 11 is 0. The zero-order valence-electron chi connectivity index (χ0n) is 11.8. The standard InChI is InChI=1S/C14H25N5/c1-2-12-13(17-10-18-14(12)19-15)16-9-8-11-6-4-3-5-7-11/h10-11H,2-9,15H2,1H3,(H2,16,17,18,19). The van der Waals surface area contributed by atoms with Gasteiger partial charge in [0.25, 0.3) is 0 Å². The summed E-state index contributed by atoms with van der Waals surface area (Å²) in [5, 5.41) is 3.44. The number of hydrazine groups is 1. The molecule has 5 nitrogen and oxygen atoms in total. The van der Waals surface area contributed by atoms with Gasteiger partial charge in [0.2, 0.25) is 0 Å². The topological polar surface area (TPSA) is 75.9 Å². The smallest absolute Gasteiger partial charge is 0.148 e. The summed E-state index contributed by atoms with van der Waals surface area (Å²) in [4.78, 5) is 8.46. The maximum Gasteiger partial charge on any atom is 0.148 e. The van der Waals surface area contributed by atoms with Crippen molar-refractivity contribution in [3.05, 3.63) is 11.9 Å². The second kappa shape index (κ2) is 7.28. The first-order chi connectivity index (χ1) is 9.35. The SMILES string of the molecule is CCc1c(NN)ncnc1NCCC1CCCCC1. The lowest BCUT2D eigenvalue weighted by molar-refractivity contribution is 0.345. The normalized spacial score (nSPS) is 16.3. The molecule has 0 saturated heterocycles. The minimum atomic E-state index is 0.720. The van der Waals surface area contributed by atoms with E-state index >= 15 is 0 Å². The molecule has 0 radical (unpaired) electrons. The third kappa shape index (κ3) is 3.80. The predicted molar refractivity (Wildman–Crippen MR) is 78.9 cm³/mol. The molecule has 0 unspecified atom stereocenters. The molecule has 0 aromatic carbocycles. The zero-order valence-corrected chi connectivity index (χ0v) is 11.8. The van der Waals surface area contributed by atoms with Crippen LogP contribution in [0.15, 0.2) is 6.33 Å². The Balaban J connectivity index is 1.88. The van der Waals surface area contributed by atoms with E-state index in [9.17, 15) is 0 Å². The third-order valence-corrected chi connectivity index (χ3v) is 4.01. The van der Waals surface area contributed by atoms with E-state index in [0.29, 0.717) is 0 Å². The molecule has 0 bridgehead atoms. The molecule has 19 heavy (non-hydrogen) atoms. The Morgan fingerprint density at radius 2 is 1.95 bits per heavy atom. The van der Waals surface area contributed by atoms with Crippen LogP contribution in [-0.4, -0.2) is 16.5 Å². The van der Waals surface area contributed by atoms with Crippen molar-refractivity contribution in [3.8, 4) is 0 Å². The van der Waals surface area contributed by atoms with Crippen molar-refractivity contribution in [2.75, 3.05) is 17.3 Å². The van der Waals surface area contributed by atoms with E-state index in [-0.39, 0.29) is 0 Å². The first kappa shape index (κ1) is 14.1. The summed E-state index contributed by atoms with van der Waals surface area (Å²) in [7, 11) is 0. The van der Waals surface area contributed by atoms with Crippen LogP contribution < -0.4 is 16.6 Å². The maximum atomic E-state index is 5.47. The molecule has 1 fully saturated rings. The van der Waals surface area contributed by atoms with Crippen LogP contribution in [-0.2, 0) is 6.42 Å². The van der Waals surface area contributed by atoms with Gasteiger partial charge in [-0.3, -0.25) is 0 Å². The Morgan fingerprint density at radius 3 is 2.63 bits per heavy atom. The average Bonchev–Trinajstić information content (AvgIpc) is 2.48. The Labute approximate surface area is 115 Å². The van der Waals surface area contributed by atoms with E-state index < -0.39 is 0 Å². The Kier molecular flexibility index (Phi) is 5.39. The number of nitrogen functional groups attached to an aromatic ring is 1. The molecule has 0 spiro atoms. The summed E-state index contributed by atoms with van der Waals surface area (Å²) in [6.07, 6.45) is 10.7. The van der Waals surface area contributed by atoms with Gasteiger partial charge in [-0.05, 0) is 18.8 Å². The highest BCUT2D eigenvalue weighted by Gasteiger charge is 2.13. The first-order valence-electron chi connectivity index (χ1n) is 7.39. The van der Waals surface area contributed by atoms with E-state index in [1.54, 1.807) is 6.33 Å². The number of rotatable bonds is 6. The summed E-state index contributed by atoms with van der Waals surface area (Å²) in [5.41, 5.74) is 3.70. The van der Waals surface area contributed by atoms with Gasteiger partial charge >= 0.3 is 0 Å². The Morgan fingerprint density at radius 1 is 1.21 bits per heavy atom.